The zero-order chi connectivity index (χ0) is 15.9. The first-order valence-corrected chi connectivity index (χ1v) is 8.96. The zero-order valence-corrected chi connectivity index (χ0v) is 14.3. The SMILES string of the molecule is CCNCCCn1cc(S(=O)(=O)NCCC(C)(C)C)cn1. The van der Waals surface area contributed by atoms with Gasteiger partial charge in [0.25, 0.3) is 0 Å². The number of sulfonamides is 1. The number of rotatable bonds is 9. The van der Waals surface area contributed by atoms with Crippen LogP contribution in [0.5, 0.6) is 0 Å². The zero-order valence-electron chi connectivity index (χ0n) is 13.5. The molecular weight excluding hydrogens is 288 g/mol. The van der Waals surface area contributed by atoms with E-state index >= 15 is 0 Å². The largest absolute Gasteiger partial charge is 0.317 e. The highest BCUT2D eigenvalue weighted by Gasteiger charge is 2.17. The first-order chi connectivity index (χ1) is 9.74. The molecule has 1 heterocycles. The molecule has 1 aromatic heterocycles. The van der Waals surface area contributed by atoms with Crippen molar-refractivity contribution >= 4 is 10.0 Å². The van der Waals surface area contributed by atoms with E-state index in [0.717, 1.165) is 25.9 Å². The van der Waals surface area contributed by atoms with Gasteiger partial charge < -0.3 is 5.32 Å². The normalized spacial score (nSPS) is 12.8. The number of aryl methyl sites for hydroxylation is 1. The molecule has 0 saturated heterocycles. The Morgan fingerprint density at radius 3 is 2.62 bits per heavy atom. The Kier molecular flexibility index (Phi) is 6.83. The molecule has 6 nitrogen and oxygen atoms in total. The standard InChI is InChI=1S/C14H28N4O2S/c1-5-15-8-6-10-18-12-13(11-16-18)21(19,20)17-9-7-14(2,3)4/h11-12,15,17H,5-10H2,1-4H3. The van der Waals surface area contributed by atoms with E-state index in [1.807, 2.05) is 0 Å². The van der Waals surface area contributed by atoms with Gasteiger partial charge in [-0.3, -0.25) is 4.68 Å². The third-order valence-corrected chi connectivity index (χ3v) is 4.49. The lowest BCUT2D eigenvalue weighted by atomic mass is 9.93. The topological polar surface area (TPSA) is 76.0 Å². The summed E-state index contributed by atoms with van der Waals surface area (Å²) in [5.74, 6) is 0. The van der Waals surface area contributed by atoms with Gasteiger partial charge >= 0.3 is 0 Å². The smallest absolute Gasteiger partial charge is 0.243 e. The molecule has 0 bridgehead atoms. The summed E-state index contributed by atoms with van der Waals surface area (Å²) in [6.45, 7) is 11.3. The maximum absolute atomic E-state index is 12.1. The number of hydrogen-bond acceptors (Lipinski definition) is 4. The van der Waals surface area contributed by atoms with Crippen LogP contribution in [-0.2, 0) is 16.6 Å². The summed E-state index contributed by atoms with van der Waals surface area (Å²) in [5, 5.41) is 7.33. The minimum absolute atomic E-state index is 0.110. The lowest BCUT2D eigenvalue weighted by molar-refractivity contribution is 0.378. The van der Waals surface area contributed by atoms with Gasteiger partial charge in [-0.1, -0.05) is 27.7 Å². The summed E-state index contributed by atoms with van der Waals surface area (Å²) >= 11 is 0. The molecule has 0 spiro atoms. The third-order valence-electron chi connectivity index (χ3n) is 3.08. The first kappa shape index (κ1) is 18.1. The Hall–Kier alpha value is -0.920. The maximum atomic E-state index is 12.1. The van der Waals surface area contributed by atoms with E-state index < -0.39 is 10.0 Å². The van der Waals surface area contributed by atoms with Crippen molar-refractivity contribution in [2.45, 2.75) is 52.0 Å². The van der Waals surface area contributed by atoms with E-state index in [0.29, 0.717) is 13.1 Å². The average molecular weight is 316 g/mol. The van der Waals surface area contributed by atoms with E-state index in [9.17, 15) is 8.42 Å². The summed E-state index contributed by atoms with van der Waals surface area (Å²) in [7, 11) is -3.45. The molecule has 0 aliphatic heterocycles. The molecule has 0 atom stereocenters. The molecule has 0 unspecified atom stereocenters. The van der Waals surface area contributed by atoms with E-state index in [2.05, 4.69) is 42.8 Å². The maximum Gasteiger partial charge on any atom is 0.243 e. The van der Waals surface area contributed by atoms with E-state index in [1.165, 1.54) is 6.20 Å². The monoisotopic (exact) mass is 316 g/mol. The van der Waals surface area contributed by atoms with Crippen molar-refractivity contribution in [2.75, 3.05) is 19.6 Å². The van der Waals surface area contributed by atoms with E-state index in [-0.39, 0.29) is 10.3 Å². The van der Waals surface area contributed by atoms with Gasteiger partial charge in [0.15, 0.2) is 0 Å². The van der Waals surface area contributed by atoms with Crippen molar-refractivity contribution in [2.24, 2.45) is 5.41 Å². The summed E-state index contributed by atoms with van der Waals surface area (Å²) in [4.78, 5) is 0.236. The number of aromatic nitrogens is 2. The van der Waals surface area contributed by atoms with Crippen LogP contribution in [0.15, 0.2) is 17.3 Å². The summed E-state index contributed by atoms with van der Waals surface area (Å²) in [6.07, 6.45) is 4.72. The molecule has 1 aromatic rings. The van der Waals surface area contributed by atoms with E-state index in [1.54, 1.807) is 10.9 Å². The molecule has 1 rings (SSSR count). The molecule has 2 N–H and O–H groups in total. The van der Waals surface area contributed by atoms with Gasteiger partial charge in [0.2, 0.25) is 10.0 Å². The molecule has 0 fully saturated rings. The van der Waals surface area contributed by atoms with Crippen molar-refractivity contribution in [3.63, 3.8) is 0 Å². The fourth-order valence-corrected chi connectivity index (χ4v) is 2.78. The van der Waals surface area contributed by atoms with Gasteiger partial charge in [0.1, 0.15) is 4.90 Å². The highest BCUT2D eigenvalue weighted by Crippen LogP contribution is 2.17. The molecule has 0 saturated carbocycles. The van der Waals surface area contributed by atoms with Crippen molar-refractivity contribution in [3.8, 4) is 0 Å². The van der Waals surface area contributed by atoms with Crippen LogP contribution < -0.4 is 10.0 Å². The minimum Gasteiger partial charge on any atom is -0.317 e. The van der Waals surface area contributed by atoms with E-state index in [4.69, 9.17) is 0 Å². The van der Waals surface area contributed by atoms with Crippen molar-refractivity contribution in [1.82, 2.24) is 19.8 Å². The quantitative estimate of drug-likeness (QED) is 0.679. The summed E-state index contributed by atoms with van der Waals surface area (Å²) in [6, 6.07) is 0. The van der Waals surface area contributed by atoms with Crippen LogP contribution in [0.2, 0.25) is 0 Å². The van der Waals surface area contributed by atoms with Gasteiger partial charge in [0, 0.05) is 19.3 Å². The highest BCUT2D eigenvalue weighted by molar-refractivity contribution is 7.89. The molecule has 0 aliphatic rings. The molecule has 0 aromatic carbocycles. The van der Waals surface area contributed by atoms with Gasteiger partial charge in [-0.2, -0.15) is 5.10 Å². The number of hydrogen-bond donors (Lipinski definition) is 2. The fourth-order valence-electron chi connectivity index (χ4n) is 1.79. The van der Waals surface area contributed by atoms with Gasteiger partial charge in [-0.05, 0) is 31.3 Å². The van der Waals surface area contributed by atoms with Gasteiger partial charge in [-0.25, -0.2) is 13.1 Å². The van der Waals surface area contributed by atoms with Crippen molar-refractivity contribution < 1.29 is 8.42 Å². The van der Waals surface area contributed by atoms with Crippen molar-refractivity contribution in [3.05, 3.63) is 12.4 Å². The third kappa shape index (κ3) is 7.06. The second kappa shape index (κ2) is 7.91. The fraction of sp³-hybridized carbons (Fsp3) is 0.786. The Morgan fingerprint density at radius 1 is 1.29 bits per heavy atom. The van der Waals surface area contributed by atoms with Crippen LogP contribution in [0, 0.1) is 5.41 Å². The molecule has 7 heteroatoms. The number of nitrogens with one attached hydrogen (secondary N) is 2. The molecule has 122 valence electrons. The van der Waals surface area contributed by atoms with Gasteiger partial charge in [-0.15, -0.1) is 0 Å². The van der Waals surface area contributed by atoms with Crippen LogP contribution >= 0.6 is 0 Å². The second-order valence-electron chi connectivity index (χ2n) is 6.35. The van der Waals surface area contributed by atoms with Crippen LogP contribution in [-0.4, -0.2) is 37.8 Å². The predicted octanol–water partition coefficient (Wildman–Crippen LogP) is 1.60. The minimum atomic E-state index is -3.45. The molecule has 0 amide bonds. The second-order valence-corrected chi connectivity index (χ2v) is 8.12. The number of nitrogens with zero attached hydrogens (tertiary/aromatic N) is 2. The first-order valence-electron chi connectivity index (χ1n) is 7.47. The molecule has 0 aliphatic carbocycles. The summed E-state index contributed by atoms with van der Waals surface area (Å²) < 4.78 is 28.6. The van der Waals surface area contributed by atoms with Gasteiger partial charge in [0.05, 0.1) is 6.20 Å². The molecular formula is C14H28N4O2S. The Balaban J connectivity index is 2.50. The highest BCUT2D eigenvalue weighted by atomic mass is 32.2. The Morgan fingerprint density at radius 2 is 2.00 bits per heavy atom. The Labute approximate surface area is 128 Å². The lowest BCUT2D eigenvalue weighted by Gasteiger charge is -2.17. The molecule has 21 heavy (non-hydrogen) atoms. The van der Waals surface area contributed by atoms with Crippen LogP contribution in [0.3, 0.4) is 0 Å². The van der Waals surface area contributed by atoms with Crippen molar-refractivity contribution in [1.29, 1.82) is 0 Å². The lowest BCUT2D eigenvalue weighted by Crippen LogP contribution is -2.27. The van der Waals surface area contributed by atoms with Crippen LogP contribution in [0.1, 0.15) is 40.5 Å². The molecule has 0 radical (unpaired) electrons. The Bertz CT molecular complexity index is 517. The van der Waals surface area contributed by atoms with Crippen LogP contribution in [0.25, 0.3) is 0 Å². The predicted molar refractivity (Wildman–Crippen MR) is 84.6 cm³/mol. The van der Waals surface area contributed by atoms with Crippen LogP contribution in [0.4, 0.5) is 0 Å². The average Bonchev–Trinajstić information content (AvgIpc) is 2.82. The summed E-state index contributed by atoms with van der Waals surface area (Å²) in [5.41, 5.74) is 0.110.